The summed E-state index contributed by atoms with van der Waals surface area (Å²) >= 11 is 1.37. The second-order valence-electron chi connectivity index (χ2n) is 8.16. The van der Waals surface area contributed by atoms with Crippen molar-refractivity contribution in [2.75, 3.05) is 49.5 Å². The molecule has 0 radical (unpaired) electrons. The molecule has 0 spiro atoms. The van der Waals surface area contributed by atoms with Crippen LogP contribution in [0.25, 0.3) is 0 Å². The number of piperazine rings is 1. The molecule has 2 N–H and O–H groups in total. The molecule has 2 fully saturated rings. The third kappa shape index (κ3) is 5.40. The number of para-hydroxylation sites is 1. The first-order valence-electron chi connectivity index (χ1n) is 10.8. The zero-order valence-electron chi connectivity index (χ0n) is 17.5. The predicted octanol–water partition coefficient (Wildman–Crippen LogP) is 3.35. The molecular formula is C23H30N4O2S. The SMILES string of the molecule is Cc1cc(NC(=O)C2CC2)sc1C(=O)NCCCN1CCN(c2ccccc2)CC1. The molecule has 1 aliphatic heterocycles. The maximum absolute atomic E-state index is 12.5. The maximum atomic E-state index is 12.5. The van der Waals surface area contributed by atoms with Crippen LogP contribution in [0, 0.1) is 12.8 Å². The number of hydrogen-bond donors (Lipinski definition) is 2. The lowest BCUT2D eigenvalue weighted by atomic mass is 10.2. The van der Waals surface area contributed by atoms with Crippen molar-refractivity contribution in [2.24, 2.45) is 5.92 Å². The Kier molecular flexibility index (Phi) is 6.69. The van der Waals surface area contributed by atoms with Crippen LogP contribution in [0.5, 0.6) is 0 Å². The van der Waals surface area contributed by atoms with Crippen LogP contribution in [0.4, 0.5) is 10.7 Å². The van der Waals surface area contributed by atoms with Gasteiger partial charge in [0.2, 0.25) is 5.91 Å². The fraction of sp³-hybridized carbons (Fsp3) is 0.478. The Morgan fingerprint density at radius 1 is 1.10 bits per heavy atom. The van der Waals surface area contributed by atoms with Crippen LogP contribution in [-0.4, -0.2) is 56.0 Å². The number of nitrogens with one attached hydrogen (secondary N) is 2. The van der Waals surface area contributed by atoms with Crippen molar-refractivity contribution in [1.29, 1.82) is 0 Å². The minimum absolute atomic E-state index is 0.0432. The lowest BCUT2D eigenvalue weighted by Crippen LogP contribution is -2.47. The molecule has 0 unspecified atom stereocenters. The standard InChI is InChI=1S/C23H30N4O2S/c1-17-16-20(25-22(28)18-8-9-18)30-21(17)23(29)24-10-5-11-26-12-14-27(15-13-26)19-6-3-2-4-7-19/h2-4,6-7,16,18H,5,8-15H2,1H3,(H,24,29)(H,25,28). The summed E-state index contributed by atoms with van der Waals surface area (Å²) in [6.45, 7) is 7.77. The first-order valence-corrected chi connectivity index (χ1v) is 11.6. The van der Waals surface area contributed by atoms with E-state index in [0.29, 0.717) is 11.4 Å². The molecule has 0 bridgehead atoms. The number of carbonyl (C=O) groups excluding carboxylic acids is 2. The van der Waals surface area contributed by atoms with Crippen LogP contribution in [-0.2, 0) is 4.79 Å². The van der Waals surface area contributed by atoms with Crippen LogP contribution < -0.4 is 15.5 Å². The summed E-state index contributed by atoms with van der Waals surface area (Å²) in [5, 5.41) is 6.74. The van der Waals surface area contributed by atoms with Gasteiger partial charge in [0.15, 0.2) is 0 Å². The first kappa shape index (κ1) is 20.9. The average Bonchev–Trinajstić information content (AvgIpc) is 3.55. The number of rotatable bonds is 8. The van der Waals surface area contributed by atoms with E-state index < -0.39 is 0 Å². The van der Waals surface area contributed by atoms with Gasteiger partial charge in [-0.2, -0.15) is 0 Å². The van der Waals surface area contributed by atoms with Crippen LogP contribution in [0.2, 0.25) is 0 Å². The van der Waals surface area contributed by atoms with E-state index in [4.69, 9.17) is 0 Å². The molecule has 1 aromatic carbocycles. The number of nitrogens with zero attached hydrogens (tertiary/aromatic N) is 2. The lowest BCUT2D eigenvalue weighted by molar-refractivity contribution is -0.117. The lowest BCUT2D eigenvalue weighted by Gasteiger charge is -2.36. The second kappa shape index (κ2) is 9.62. The minimum Gasteiger partial charge on any atom is -0.369 e. The van der Waals surface area contributed by atoms with Crippen molar-refractivity contribution in [3.63, 3.8) is 0 Å². The summed E-state index contributed by atoms with van der Waals surface area (Å²) in [5.41, 5.74) is 2.21. The van der Waals surface area contributed by atoms with E-state index in [-0.39, 0.29) is 17.7 Å². The summed E-state index contributed by atoms with van der Waals surface area (Å²) in [5.74, 6) is 0.202. The molecule has 2 aromatic rings. The first-order chi connectivity index (χ1) is 14.6. The normalized spacial score (nSPS) is 17.0. The molecule has 1 aromatic heterocycles. The van der Waals surface area contributed by atoms with E-state index in [0.717, 1.165) is 62.6 Å². The fourth-order valence-electron chi connectivity index (χ4n) is 3.79. The number of benzene rings is 1. The molecule has 30 heavy (non-hydrogen) atoms. The Morgan fingerprint density at radius 3 is 2.53 bits per heavy atom. The zero-order valence-corrected chi connectivity index (χ0v) is 18.3. The summed E-state index contributed by atoms with van der Waals surface area (Å²) < 4.78 is 0. The highest BCUT2D eigenvalue weighted by atomic mass is 32.1. The summed E-state index contributed by atoms with van der Waals surface area (Å²) in [4.78, 5) is 30.0. The number of anilines is 2. The molecule has 1 aliphatic carbocycles. The molecule has 0 atom stereocenters. The molecule has 2 aliphatic rings. The maximum Gasteiger partial charge on any atom is 0.261 e. The summed E-state index contributed by atoms with van der Waals surface area (Å²) in [7, 11) is 0. The molecule has 4 rings (SSSR count). The summed E-state index contributed by atoms with van der Waals surface area (Å²) in [6.07, 6.45) is 2.89. The Morgan fingerprint density at radius 2 is 1.83 bits per heavy atom. The van der Waals surface area contributed by atoms with E-state index in [1.165, 1.54) is 17.0 Å². The Balaban J connectivity index is 1.16. The second-order valence-corrected chi connectivity index (χ2v) is 9.21. The van der Waals surface area contributed by atoms with Gasteiger partial charge in [-0.15, -0.1) is 11.3 Å². The molecule has 1 saturated carbocycles. The van der Waals surface area contributed by atoms with E-state index in [1.54, 1.807) is 0 Å². The van der Waals surface area contributed by atoms with Crippen LogP contribution in [0.3, 0.4) is 0 Å². The molecule has 1 saturated heterocycles. The average molecular weight is 427 g/mol. The highest BCUT2D eigenvalue weighted by Gasteiger charge is 2.30. The van der Waals surface area contributed by atoms with Gasteiger partial charge in [-0.3, -0.25) is 14.5 Å². The Hall–Kier alpha value is -2.38. The number of amides is 2. The van der Waals surface area contributed by atoms with Crippen LogP contribution in [0.15, 0.2) is 36.4 Å². The van der Waals surface area contributed by atoms with Gasteiger partial charge in [-0.05, 0) is 56.5 Å². The fourth-order valence-corrected chi connectivity index (χ4v) is 4.78. The van der Waals surface area contributed by atoms with E-state index in [1.807, 2.05) is 13.0 Å². The molecule has 6 nitrogen and oxygen atoms in total. The number of thiophene rings is 1. The van der Waals surface area contributed by atoms with Crippen molar-refractivity contribution in [1.82, 2.24) is 10.2 Å². The zero-order chi connectivity index (χ0) is 20.9. The van der Waals surface area contributed by atoms with Gasteiger partial charge in [0.25, 0.3) is 5.91 Å². The molecule has 2 amide bonds. The molecule has 2 heterocycles. The Bertz CT molecular complexity index is 871. The van der Waals surface area contributed by atoms with Crippen molar-refractivity contribution in [3.05, 3.63) is 46.8 Å². The largest absolute Gasteiger partial charge is 0.369 e. The molecule has 160 valence electrons. The smallest absolute Gasteiger partial charge is 0.261 e. The topological polar surface area (TPSA) is 64.7 Å². The van der Waals surface area contributed by atoms with Crippen molar-refractivity contribution in [2.45, 2.75) is 26.2 Å². The van der Waals surface area contributed by atoms with Crippen molar-refractivity contribution in [3.8, 4) is 0 Å². The molecule has 7 heteroatoms. The van der Waals surface area contributed by atoms with E-state index >= 15 is 0 Å². The van der Waals surface area contributed by atoms with Gasteiger partial charge >= 0.3 is 0 Å². The predicted molar refractivity (Wildman–Crippen MR) is 122 cm³/mol. The van der Waals surface area contributed by atoms with E-state index in [2.05, 4.69) is 50.8 Å². The molecular weight excluding hydrogens is 396 g/mol. The van der Waals surface area contributed by atoms with Gasteiger partial charge in [0.1, 0.15) is 0 Å². The van der Waals surface area contributed by atoms with Crippen molar-refractivity contribution < 1.29 is 9.59 Å². The highest BCUT2D eigenvalue weighted by molar-refractivity contribution is 7.18. The van der Waals surface area contributed by atoms with Crippen LogP contribution in [0.1, 0.15) is 34.5 Å². The third-order valence-electron chi connectivity index (χ3n) is 5.75. The number of carbonyl (C=O) groups is 2. The van der Waals surface area contributed by atoms with Gasteiger partial charge in [-0.25, -0.2) is 0 Å². The van der Waals surface area contributed by atoms with Gasteiger partial charge in [0.05, 0.1) is 9.88 Å². The summed E-state index contributed by atoms with van der Waals surface area (Å²) in [6, 6.07) is 12.5. The minimum atomic E-state index is -0.0432. The number of hydrogen-bond acceptors (Lipinski definition) is 5. The van der Waals surface area contributed by atoms with Crippen LogP contribution >= 0.6 is 11.3 Å². The quantitative estimate of drug-likeness (QED) is 0.636. The van der Waals surface area contributed by atoms with Gasteiger partial charge in [0, 0.05) is 44.3 Å². The Labute approximate surface area is 182 Å². The monoisotopic (exact) mass is 426 g/mol. The van der Waals surface area contributed by atoms with E-state index in [9.17, 15) is 9.59 Å². The highest BCUT2D eigenvalue weighted by Crippen LogP contribution is 2.32. The van der Waals surface area contributed by atoms with Gasteiger partial charge < -0.3 is 15.5 Å². The third-order valence-corrected chi connectivity index (χ3v) is 6.90. The number of aryl methyl sites for hydroxylation is 1. The van der Waals surface area contributed by atoms with Crippen molar-refractivity contribution >= 4 is 33.8 Å². The van der Waals surface area contributed by atoms with Gasteiger partial charge in [-0.1, -0.05) is 18.2 Å².